The van der Waals surface area contributed by atoms with Gasteiger partial charge in [-0.25, -0.2) is 0 Å². The van der Waals surface area contributed by atoms with Gasteiger partial charge in [0.15, 0.2) is 5.78 Å². The molecule has 0 aliphatic carbocycles. The number of fused-ring (bicyclic) bond motifs is 1. The normalized spacial score (nSPS) is 20.2. The molecule has 0 saturated carbocycles. The first kappa shape index (κ1) is 19.0. The van der Waals surface area contributed by atoms with Crippen LogP contribution in [0.2, 0.25) is 0 Å². The number of likely N-dealkylation sites (tertiary alicyclic amines) is 1. The molecule has 2 aliphatic rings. The van der Waals surface area contributed by atoms with Crippen LogP contribution in [-0.4, -0.2) is 41.1 Å². The lowest BCUT2D eigenvalue weighted by atomic mass is 9.92. The van der Waals surface area contributed by atoms with E-state index >= 15 is 0 Å². The third-order valence-electron chi connectivity index (χ3n) is 5.73. The van der Waals surface area contributed by atoms with Gasteiger partial charge in [-0.3, -0.25) is 25.0 Å². The van der Waals surface area contributed by atoms with E-state index in [0.717, 1.165) is 28.8 Å². The van der Waals surface area contributed by atoms with Crippen LogP contribution >= 0.6 is 0 Å². The average Bonchev–Trinajstić information content (AvgIpc) is 2.87. The molecule has 1 fully saturated rings. The van der Waals surface area contributed by atoms with Crippen molar-refractivity contribution < 1.29 is 4.79 Å². The topological polar surface area (TPSA) is 57.6 Å². The summed E-state index contributed by atoms with van der Waals surface area (Å²) in [5.41, 5.74) is 6.02. The molecule has 0 amide bonds. The third-order valence-corrected chi connectivity index (χ3v) is 5.73. The first-order chi connectivity index (χ1) is 13.6. The molecular weight excluding hydrogens is 348 g/mol. The van der Waals surface area contributed by atoms with E-state index in [2.05, 4.69) is 51.4 Å². The van der Waals surface area contributed by atoms with Gasteiger partial charge in [-0.15, -0.1) is 0 Å². The summed E-state index contributed by atoms with van der Waals surface area (Å²) >= 11 is 0. The lowest BCUT2D eigenvalue weighted by Crippen LogP contribution is -2.29. The Hall–Kier alpha value is -2.37. The monoisotopic (exact) mass is 376 g/mol. The van der Waals surface area contributed by atoms with Crippen LogP contribution in [0.15, 0.2) is 41.7 Å². The van der Waals surface area contributed by atoms with Crippen LogP contribution in [-0.2, 0) is 11.3 Å². The molecule has 0 radical (unpaired) electrons. The zero-order valence-corrected chi connectivity index (χ0v) is 16.7. The lowest BCUT2D eigenvalue weighted by molar-refractivity contribution is -0.111. The number of carbonyl (C=O) groups excluding carboxylic acids is 1. The van der Waals surface area contributed by atoms with E-state index in [0.29, 0.717) is 12.4 Å². The number of hydrogen-bond acceptors (Lipinski definition) is 5. The standard InChI is InChI=1S/C23H28N4O/c1-16-21-7-6-19(11-22(21)23(17(2)28)26-15-25-16)20-10-18(12-24-13-20)14-27-8-4-3-5-9-27/h6-7,10-13,16,25H,3-5,8-9,14-15H2,1-2H3/t16-/m1/s1. The Morgan fingerprint density at radius 2 is 1.96 bits per heavy atom. The maximum Gasteiger partial charge on any atom is 0.178 e. The van der Waals surface area contributed by atoms with Crippen molar-refractivity contribution in [3.05, 3.63) is 53.3 Å². The fraction of sp³-hybridized carbons (Fsp3) is 0.435. The highest BCUT2D eigenvalue weighted by Crippen LogP contribution is 2.28. The number of pyridine rings is 1. The molecule has 1 saturated heterocycles. The molecule has 0 unspecified atom stereocenters. The Kier molecular flexibility index (Phi) is 5.64. The average molecular weight is 377 g/mol. The van der Waals surface area contributed by atoms with E-state index in [1.165, 1.54) is 37.9 Å². The molecule has 5 heteroatoms. The Bertz CT molecular complexity index is 899. The predicted molar refractivity (Wildman–Crippen MR) is 112 cm³/mol. The summed E-state index contributed by atoms with van der Waals surface area (Å²) in [6.45, 7) is 7.46. The molecule has 1 N–H and O–H groups in total. The molecule has 2 aliphatic heterocycles. The molecule has 0 spiro atoms. The van der Waals surface area contributed by atoms with E-state index < -0.39 is 0 Å². The van der Waals surface area contributed by atoms with E-state index in [4.69, 9.17) is 0 Å². The number of hydrogen-bond donors (Lipinski definition) is 1. The minimum absolute atomic E-state index is 0.00581. The summed E-state index contributed by atoms with van der Waals surface area (Å²) in [6, 6.07) is 8.73. The van der Waals surface area contributed by atoms with Crippen molar-refractivity contribution in [3.8, 4) is 11.1 Å². The zero-order valence-electron chi connectivity index (χ0n) is 16.7. The van der Waals surface area contributed by atoms with Crippen LogP contribution < -0.4 is 5.32 Å². The highest BCUT2D eigenvalue weighted by atomic mass is 16.1. The van der Waals surface area contributed by atoms with Crippen molar-refractivity contribution in [1.29, 1.82) is 0 Å². The van der Waals surface area contributed by atoms with Crippen molar-refractivity contribution in [1.82, 2.24) is 15.2 Å². The highest BCUT2D eigenvalue weighted by molar-refractivity contribution is 6.46. The molecule has 1 aromatic carbocycles. The second-order valence-electron chi connectivity index (χ2n) is 7.87. The molecule has 28 heavy (non-hydrogen) atoms. The van der Waals surface area contributed by atoms with Crippen LogP contribution in [0, 0.1) is 0 Å². The van der Waals surface area contributed by atoms with Crippen molar-refractivity contribution in [2.45, 2.75) is 45.7 Å². The summed E-state index contributed by atoms with van der Waals surface area (Å²) in [5.74, 6) is 0.00581. The lowest BCUT2D eigenvalue weighted by Gasteiger charge is -2.26. The van der Waals surface area contributed by atoms with Gasteiger partial charge in [0, 0.05) is 43.0 Å². The summed E-state index contributed by atoms with van der Waals surface area (Å²) in [6.07, 6.45) is 7.80. The largest absolute Gasteiger partial charge is 0.299 e. The van der Waals surface area contributed by atoms with Gasteiger partial charge in [-0.05, 0) is 61.7 Å². The van der Waals surface area contributed by atoms with Crippen LogP contribution in [0.3, 0.4) is 0 Å². The van der Waals surface area contributed by atoms with Crippen LogP contribution in [0.4, 0.5) is 0 Å². The summed E-state index contributed by atoms with van der Waals surface area (Å²) in [4.78, 5) is 23.6. The second-order valence-corrected chi connectivity index (χ2v) is 7.87. The maximum atomic E-state index is 12.2. The van der Waals surface area contributed by atoms with E-state index in [9.17, 15) is 4.79 Å². The maximum absolute atomic E-state index is 12.2. The summed E-state index contributed by atoms with van der Waals surface area (Å²) in [7, 11) is 0. The molecule has 3 heterocycles. The van der Waals surface area contributed by atoms with Crippen molar-refractivity contribution in [2.24, 2.45) is 4.99 Å². The van der Waals surface area contributed by atoms with Gasteiger partial charge in [0.05, 0.1) is 6.67 Å². The Morgan fingerprint density at radius 3 is 2.75 bits per heavy atom. The summed E-state index contributed by atoms with van der Waals surface area (Å²) in [5, 5.41) is 3.34. The minimum Gasteiger partial charge on any atom is -0.299 e. The fourth-order valence-corrected chi connectivity index (χ4v) is 4.18. The number of ketones is 1. The van der Waals surface area contributed by atoms with Gasteiger partial charge in [0.2, 0.25) is 0 Å². The van der Waals surface area contributed by atoms with Crippen molar-refractivity contribution in [2.75, 3.05) is 19.8 Å². The van der Waals surface area contributed by atoms with E-state index in [-0.39, 0.29) is 11.8 Å². The number of aromatic nitrogens is 1. The van der Waals surface area contributed by atoms with Crippen LogP contribution in [0.25, 0.3) is 11.1 Å². The fourth-order valence-electron chi connectivity index (χ4n) is 4.18. The molecule has 146 valence electrons. The van der Waals surface area contributed by atoms with Gasteiger partial charge >= 0.3 is 0 Å². The van der Waals surface area contributed by atoms with Crippen molar-refractivity contribution in [3.63, 3.8) is 0 Å². The summed E-state index contributed by atoms with van der Waals surface area (Å²) < 4.78 is 0. The molecule has 1 atom stereocenters. The zero-order chi connectivity index (χ0) is 19.5. The number of nitrogens with one attached hydrogen (secondary N) is 1. The van der Waals surface area contributed by atoms with Gasteiger partial charge in [-0.1, -0.05) is 18.6 Å². The van der Waals surface area contributed by atoms with Crippen LogP contribution in [0.1, 0.15) is 55.8 Å². The van der Waals surface area contributed by atoms with Gasteiger partial charge < -0.3 is 0 Å². The molecule has 1 aromatic heterocycles. The number of piperidine rings is 1. The quantitative estimate of drug-likeness (QED) is 0.883. The third kappa shape index (κ3) is 4.05. The first-order valence-corrected chi connectivity index (χ1v) is 10.2. The Morgan fingerprint density at radius 1 is 1.14 bits per heavy atom. The number of benzene rings is 1. The molecule has 4 rings (SSSR count). The smallest absolute Gasteiger partial charge is 0.178 e. The second kappa shape index (κ2) is 8.33. The SMILES string of the molecule is CC(=O)C1=NCN[C@H](C)c2ccc(-c3cncc(CN4CCCCC4)c3)cc21. The number of rotatable bonds is 4. The number of nitrogens with zero attached hydrogens (tertiary/aromatic N) is 3. The van der Waals surface area contributed by atoms with Gasteiger partial charge in [0.25, 0.3) is 0 Å². The van der Waals surface area contributed by atoms with Crippen LogP contribution in [0.5, 0.6) is 0 Å². The molecule has 5 nitrogen and oxygen atoms in total. The van der Waals surface area contributed by atoms with Gasteiger partial charge in [0.1, 0.15) is 5.71 Å². The van der Waals surface area contributed by atoms with E-state index in [1.807, 2.05) is 12.4 Å². The molecular formula is C23H28N4O. The first-order valence-electron chi connectivity index (χ1n) is 10.2. The minimum atomic E-state index is 0.00581. The van der Waals surface area contributed by atoms with E-state index in [1.54, 1.807) is 6.92 Å². The predicted octanol–water partition coefficient (Wildman–Crippen LogP) is 3.73. The number of Topliss-reactive ketones (excluding diaryl/α,β-unsaturated/α-hetero) is 1. The Balaban J connectivity index is 1.66. The number of carbonyl (C=O) groups is 1. The molecule has 0 bridgehead atoms. The highest BCUT2D eigenvalue weighted by Gasteiger charge is 2.21. The van der Waals surface area contributed by atoms with Gasteiger partial charge in [-0.2, -0.15) is 0 Å². The Labute approximate surface area is 166 Å². The van der Waals surface area contributed by atoms with Crippen molar-refractivity contribution >= 4 is 11.5 Å². The molecule has 2 aromatic rings. The number of aliphatic imine (C=N–C) groups is 1.